The van der Waals surface area contributed by atoms with Gasteiger partial charge >= 0.3 is 11.9 Å². The van der Waals surface area contributed by atoms with E-state index in [-0.39, 0.29) is 11.1 Å². The lowest BCUT2D eigenvalue weighted by Gasteiger charge is -2.03. The zero-order valence-electron chi connectivity index (χ0n) is 19.3. The predicted octanol–water partition coefficient (Wildman–Crippen LogP) is 5.59. The van der Waals surface area contributed by atoms with E-state index in [2.05, 4.69) is 36.8 Å². The second-order valence-electron chi connectivity index (χ2n) is 7.59. The van der Waals surface area contributed by atoms with Gasteiger partial charge < -0.3 is 9.47 Å². The Morgan fingerprint density at radius 1 is 0.686 bits per heavy atom. The number of carbonyl (C=O) groups is 2. The quantitative estimate of drug-likeness (QED) is 0.219. The number of halogens is 1. The van der Waals surface area contributed by atoms with Crippen LogP contribution in [-0.2, 0) is 9.59 Å². The zero-order valence-corrected chi connectivity index (χ0v) is 19.3. The molecule has 0 bridgehead atoms. The molecule has 0 spiro atoms. The molecule has 0 N–H and O–H groups in total. The maximum atomic E-state index is 14.6. The minimum absolute atomic E-state index is 0.202. The first-order chi connectivity index (χ1) is 16.7. The number of carbonyl (C=O) groups excluding carboxylic acids is 2. The molecule has 35 heavy (non-hydrogen) atoms. The topological polar surface area (TPSA) is 52.6 Å². The summed E-state index contributed by atoms with van der Waals surface area (Å²) < 4.78 is 25.0. The maximum Gasteiger partial charge on any atom is 0.338 e. The van der Waals surface area contributed by atoms with Crippen LogP contribution in [-0.4, -0.2) is 11.9 Å². The van der Waals surface area contributed by atoms with Gasteiger partial charge in [0.05, 0.1) is 5.56 Å². The highest BCUT2D eigenvalue weighted by Crippen LogP contribution is 2.16. The number of ether oxygens (including phenoxy) is 2. The van der Waals surface area contributed by atoms with E-state index in [1.54, 1.807) is 74.5 Å². The standard InChI is InChI=1S/C30H21FO4/c1-20(2)29(32)34-26-9-5-7-22(17-26)11-12-24-14-16-25(28(31)19-24)15-13-23-8-6-10-27(18-23)35-30(33)21(3)4/h5-10,14,16-19H,1,3H2,2,4H3. The molecular formula is C30H21FO4. The highest BCUT2D eigenvalue weighted by molar-refractivity contribution is 5.89. The van der Waals surface area contributed by atoms with Crippen LogP contribution in [0.4, 0.5) is 4.39 Å². The molecule has 0 saturated carbocycles. The minimum Gasteiger partial charge on any atom is -0.423 e. The van der Waals surface area contributed by atoms with Gasteiger partial charge in [0, 0.05) is 27.8 Å². The van der Waals surface area contributed by atoms with Crippen LogP contribution in [0.3, 0.4) is 0 Å². The summed E-state index contributed by atoms with van der Waals surface area (Å²) in [4.78, 5) is 23.3. The third kappa shape index (κ3) is 7.32. The first kappa shape index (κ1) is 24.8. The van der Waals surface area contributed by atoms with Gasteiger partial charge in [-0.2, -0.15) is 0 Å². The van der Waals surface area contributed by atoms with Gasteiger partial charge in [-0.15, -0.1) is 0 Å². The summed E-state index contributed by atoms with van der Waals surface area (Å²) in [6, 6.07) is 17.9. The predicted molar refractivity (Wildman–Crippen MR) is 132 cm³/mol. The highest BCUT2D eigenvalue weighted by atomic mass is 19.1. The fourth-order valence-corrected chi connectivity index (χ4v) is 2.64. The van der Waals surface area contributed by atoms with Gasteiger partial charge in [-0.3, -0.25) is 0 Å². The Kier molecular flexibility index (Phi) is 8.01. The summed E-state index contributed by atoms with van der Waals surface area (Å²) in [5.74, 6) is 10.6. The molecule has 0 radical (unpaired) electrons. The molecule has 0 aliphatic carbocycles. The highest BCUT2D eigenvalue weighted by Gasteiger charge is 2.06. The Bertz CT molecular complexity index is 1460. The lowest BCUT2D eigenvalue weighted by Crippen LogP contribution is -2.08. The number of rotatable bonds is 4. The van der Waals surface area contributed by atoms with E-state index in [0.717, 1.165) is 0 Å². The van der Waals surface area contributed by atoms with Crippen molar-refractivity contribution in [1.29, 1.82) is 0 Å². The van der Waals surface area contributed by atoms with Gasteiger partial charge in [0.2, 0.25) is 0 Å². The van der Waals surface area contributed by atoms with Crippen molar-refractivity contribution in [3.8, 4) is 35.2 Å². The first-order valence-corrected chi connectivity index (χ1v) is 10.5. The lowest BCUT2D eigenvalue weighted by molar-refractivity contribution is -0.130. The molecule has 172 valence electrons. The third-order valence-corrected chi connectivity index (χ3v) is 4.45. The second kappa shape index (κ2) is 11.3. The zero-order chi connectivity index (χ0) is 25.4. The van der Waals surface area contributed by atoms with E-state index in [1.165, 1.54) is 6.07 Å². The molecule has 0 aliphatic rings. The van der Waals surface area contributed by atoms with Crippen LogP contribution in [0.2, 0.25) is 0 Å². The van der Waals surface area contributed by atoms with Crippen molar-refractivity contribution in [2.24, 2.45) is 0 Å². The van der Waals surface area contributed by atoms with Crippen molar-refractivity contribution in [1.82, 2.24) is 0 Å². The maximum absolute atomic E-state index is 14.6. The third-order valence-electron chi connectivity index (χ3n) is 4.45. The van der Waals surface area contributed by atoms with Gasteiger partial charge in [0.1, 0.15) is 17.3 Å². The normalized spacial score (nSPS) is 9.57. The summed E-state index contributed by atoms with van der Waals surface area (Å²) >= 11 is 0. The fourth-order valence-electron chi connectivity index (χ4n) is 2.64. The van der Waals surface area contributed by atoms with Crippen LogP contribution in [0.15, 0.2) is 91.0 Å². The van der Waals surface area contributed by atoms with Gasteiger partial charge in [-0.05, 0) is 68.4 Å². The molecule has 3 aromatic rings. The van der Waals surface area contributed by atoms with Crippen LogP contribution < -0.4 is 9.47 Å². The molecule has 0 aliphatic heterocycles. The van der Waals surface area contributed by atoms with Crippen LogP contribution in [0.1, 0.15) is 36.1 Å². The molecule has 4 nitrogen and oxygen atoms in total. The van der Waals surface area contributed by atoms with Crippen LogP contribution in [0.25, 0.3) is 0 Å². The molecule has 0 fully saturated rings. The molecule has 0 aromatic heterocycles. The first-order valence-electron chi connectivity index (χ1n) is 10.5. The molecular weight excluding hydrogens is 443 g/mol. The van der Waals surface area contributed by atoms with Crippen molar-refractivity contribution in [2.45, 2.75) is 13.8 Å². The summed E-state index contributed by atoms with van der Waals surface area (Å²) in [7, 11) is 0. The lowest BCUT2D eigenvalue weighted by atomic mass is 10.1. The SMILES string of the molecule is C=C(C)C(=O)Oc1cccc(C#Cc2ccc(C#Cc3cccc(OC(=O)C(=C)C)c3)c(F)c2)c1. The van der Waals surface area contributed by atoms with Crippen molar-refractivity contribution in [2.75, 3.05) is 0 Å². The number of benzene rings is 3. The summed E-state index contributed by atoms with van der Waals surface area (Å²) in [6.45, 7) is 10.2. The Morgan fingerprint density at radius 3 is 1.60 bits per heavy atom. The van der Waals surface area contributed by atoms with E-state index >= 15 is 0 Å². The fraction of sp³-hybridized carbons (Fsp3) is 0.0667. The van der Waals surface area contributed by atoms with Crippen molar-refractivity contribution in [3.05, 3.63) is 119 Å². The summed E-state index contributed by atoms with van der Waals surface area (Å²) in [6.07, 6.45) is 0. The number of hydrogen-bond donors (Lipinski definition) is 0. The van der Waals surface area contributed by atoms with Gasteiger partial charge in [0.25, 0.3) is 0 Å². The second-order valence-corrected chi connectivity index (χ2v) is 7.59. The van der Waals surface area contributed by atoms with Gasteiger partial charge in [0.15, 0.2) is 0 Å². The summed E-state index contributed by atoms with van der Waals surface area (Å²) in [5, 5.41) is 0. The molecule has 0 saturated heterocycles. The van der Waals surface area contributed by atoms with Crippen LogP contribution in [0, 0.1) is 29.5 Å². The Labute approximate surface area is 203 Å². The van der Waals surface area contributed by atoms with Crippen molar-refractivity contribution >= 4 is 11.9 Å². The minimum atomic E-state index is -0.530. The number of hydrogen-bond acceptors (Lipinski definition) is 4. The summed E-state index contributed by atoms with van der Waals surface area (Å²) in [5.41, 5.74) is 2.41. The molecule has 0 amide bonds. The average Bonchev–Trinajstić information content (AvgIpc) is 2.82. The molecule has 3 rings (SSSR count). The Morgan fingerprint density at radius 2 is 1.14 bits per heavy atom. The van der Waals surface area contributed by atoms with E-state index < -0.39 is 17.8 Å². The van der Waals surface area contributed by atoms with Crippen molar-refractivity contribution < 1.29 is 23.5 Å². The van der Waals surface area contributed by atoms with Crippen LogP contribution >= 0.6 is 0 Å². The van der Waals surface area contributed by atoms with Gasteiger partial charge in [-0.25, -0.2) is 14.0 Å². The smallest absolute Gasteiger partial charge is 0.338 e. The molecule has 3 aromatic carbocycles. The van der Waals surface area contributed by atoms with E-state index in [4.69, 9.17) is 9.47 Å². The molecule has 5 heteroatoms. The Balaban J connectivity index is 1.74. The van der Waals surface area contributed by atoms with E-state index in [9.17, 15) is 14.0 Å². The number of esters is 2. The van der Waals surface area contributed by atoms with Gasteiger partial charge in [-0.1, -0.05) is 49.0 Å². The van der Waals surface area contributed by atoms with E-state index in [1.807, 2.05) is 0 Å². The van der Waals surface area contributed by atoms with E-state index in [0.29, 0.717) is 33.8 Å². The molecule has 0 unspecified atom stereocenters. The largest absolute Gasteiger partial charge is 0.423 e. The van der Waals surface area contributed by atoms with Crippen LogP contribution in [0.5, 0.6) is 11.5 Å². The van der Waals surface area contributed by atoms with Crippen molar-refractivity contribution in [3.63, 3.8) is 0 Å². The molecule has 0 atom stereocenters. The monoisotopic (exact) mass is 464 g/mol. The Hall–Kier alpha value is -4.87. The average molecular weight is 464 g/mol. The molecule has 0 heterocycles.